The number of fused-ring (bicyclic) bond motifs is 1. The second kappa shape index (κ2) is 8.19. The molecule has 4 rings (SSSR count). The zero-order chi connectivity index (χ0) is 19.3. The Morgan fingerprint density at radius 3 is 2.46 bits per heavy atom. The van der Waals surface area contributed by atoms with Crippen molar-refractivity contribution < 1.29 is 14.3 Å². The molecule has 1 aliphatic heterocycles. The normalized spacial score (nSPS) is 12.3. The number of nitrogens with one attached hydrogen (secondary N) is 2. The fourth-order valence-electron chi connectivity index (χ4n) is 2.80. The first-order valence-electron chi connectivity index (χ1n) is 8.83. The Balaban J connectivity index is 1.35. The smallest absolute Gasteiger partial charge is 0.229 e. The number of pyridine rings is 1. The third kappa shape index (κ3) is 4.53. The van der Waals surface area contributed by atoms with Gasteiger partial charge in [0, 0.05) is 16.8 Å². The van der Waals surface area contributed by atoms with Crippen molar-refractivity contribution >= 4 is 34.7 Å². The van der Waals surface area contributed by atoms with Crippen molar-refractivity contribution in [1.82, 2.24) is 4.98 Å². The number of hydrogen-bond acceptors (Lipinski definition) is 5. The molecule has 0 fully saturated rings. The molecule has 2 heterocycles. The van der Waals surface area contributed by atoms with Crippen molar-refractivity contribution in [1.29, 1.82) is 0 Å². The summed E-state index contributed by atoms with van der Waals surface area (Å²) in [4.78, 5) is 16.4. The van der Waals surface area contributed by atoms with E-state index < -0.39 is 0 Å². The average Bonchev–Trinajstić information content (AvgIpc) is 2.71. The molecule has 142 valence electrons. The molecule has 0 bridgehead atoms. The van der Waals surface area contributed by atoms with Gasteiger partial charge >= 0.3 is 0 Å². The van der Waals surface area contributed by atoms with E-state index in [0.29, 0.717) is 24.1 Å². The van der Waals surface area contributed by atoms with Crippen molar-refractivity contribution in [3.63, 3.8) is 0 Å². The highest BCUT2D eigenvalue weighted by atomic mass is 35.5. The van der Waals surface area contributed by atoms with E-state index in [1.807, 2.05) is 36.4 Å². The van der Waals surface area contributed by atoms with Crippen molar-refractivity contribution in [2.24, 2.45) is 0 Å². The second-order valence-corrected chi connectivity index (χ2v) is 6.70. The Labute approximate surface area is 167 Å². The molecule has 28 heavy (non-hydrogen) atoms. The summed E-state index contributed by atoms with van der Waals surface area (Å²) in [6.45, 7) is 1.11. The number of rotatable bonds is 5. The molecule has 0 radical (unpaired) electrons. The van der Waals surface area contributed by atoms with E-state index in [-0.39, 0.29) is 12.3 Å². The number of aromatic nitrogens is 1. The standard InChI is InChI=1S/C21H18ClN3O3/c22-15-3-1-14(2-4-15)11-21(26)25-20-8-6-17(13-23-20)24-16-5-7-18-19(12-16)28-10-9-27-18/h1-8,12-13,24H,9-11H2,(H,23,25,26). The van der Waals surface area contributed by atoms with Gasteiger partial charge in [0.25, 0.3) is 0 Å². The van der Waals surface area contributed by atoms with Crippen LogP contribution in [0, 0.1) is 0 Å². The predicted molar refractivity (Wildman–Crippen MR) is 109 cm³/mol. The number of halogens is 1. The fourth-order valence-corrected chi connectivity index (χ4v) is 2.93. The van der Waals surface area contributed by atoms with E-state index in [1.54, 1.807) is 24.4 Å². The number of amides is 1. The Morgan fingerprint density at radius 1 is 0.964 bits per heavy atom. The summed E-state index contributed by atoms with van der Waals surface area (Å²) in [5, 5.41) is 6.69. The third-order valence-electron chi connectivity index (χ3n) is 4.14. The molecule has 7 heteroatoms. The molecule has 0 saturated carbocycles. The number of nitrogens with zero attached hydrogens (tertiary/aromatic N) is 1. The molecule has 0 saturated heterocycles. The quantitative estimate of drug-likeness (QED) is 0.668. The van der Waals surface area contributed by atoms with E-state index in [4.69, 9.17) is 21.1 Å². The van der Waals surface area contributed by atoms with E-state index in [1.165, 1.54) is 0 Å². The van der Waals surface area contributed by atoms with Crippen molar-refractivity contribution in [2.45, 2.75) is 6.42 Å². The lowest BCUT2D eigenvalue weighted by atomic mass is 10.1. The van der Waals surface area contributed by atoms with Crippen LogP contribution in [0.5, 0.6) is 11.5 Å². The molecule has 0 aliphatic carbocycles. The number of hydrogen-bond donors (Lipinski definition) is 2. The van der Waals surface area contributed by atoms with Crippen LogP contribution in [-0.4, -0.2) is 24.1 Å². The van der Waals surface area contributed by atoms with Gasteiger partial charge in [-0.2, -0.15) is 0 Å². The summed E-state index contributed by atoms with van der Waals surface area (Å²) in [6.07, 6.45) is 1.92. The highest BCUT2D eigenvalue weighted by Crippen LogP contribution is 2.33. The van der Waals surface area contributed by atoms with Crippen LogP contribution in [0.15, 0.2) is 60.8 Å². The molecule has 3 aromatic rings. The maximum atomic E-state index is 12.2. The van der Waals surface area contributed by atoms with Crippen LogP contribution in [0.4, 0.5) is 17.2 Å². The fraction of sp³-hybridized carbons (Fsp3) is 0.143. The average molecular weight is 396 g/mol. The molecule has 0 spiro atoms. The zero-order valence-corrected chi connectivity index (χ0v) is 15.7. The Hall–Kier alpha value is -3.25. The van der Waals surface area contributed by atoms with Crippen LogP contribution in [0.3, 0.4) is 0 Å². The largest absolute Gasteiger partial charge is 0.486 e. The van der Waals surface area contributed by atoms with Gasteiger partial charge in [0.2, 0.25) is 5.91 Å². The zero-order valence-electron chi connectivity index (χ0n) is 14.9. The van der Waals surface area contributed by atoms with Gasteiger partial charge in [-0.05, 0) is 42.0 Å². The van der Waals surface area contributed by atoms with Crippen LogP contribution < -0.4 is 20.1 Å². The number of carbonyl (C=O) groups is 1. The molecule has 0 atom stereocenters. The number of benzene rings is 2. The molecular weight excluding hydrogens is 378 g/mol. The lowest BCUT2D eigenvalue weighted by molar-refractivity contribution is -0.115. The SMILES string of the molecule is O=C(Cc1ccc(Cl)cc1)Nc1ccc(Nc2ccc3c(c2)OCCO3)cn1. The van der Waals surface area contributed by atoms with Gasteiger partial charge in [0.15, 0.2) is 11.5 Å². The van der Waals surface area contributed by atoms with Gasteiger partial charge in [-0.3, -0.25) is 4.79 Å². The Kier molecular flexibility index (Phi) is 5.30. The Bertz CT molecular complexity index is 975. The minimum absolute atomic E-state index is 0.137. The second-order valence-electron chi connectivity index (χ2n) is 6.27. The van der Waals surface area contributed by atoms with Gasteiger partial charge in [0.1, 0.15) is 19.0 Å². The van der Waals surface area contributed by atoms with Crippen molar-refractivity contribution in [3.05, 3.63) is 71.4 Å². The maximum Gasteiger partial charge on any atom is 0.229 e. The molecule has 1 amide bonds. The van der Waals surface area contributed by atoms with Gasteiger partial charge in [-0.15, -0.1) is 0 Å². The lowest BCUT2D eigenvalue weighted by Crippen LogP contribution is -2.15. The minimum atomic E-state index is -0.137. The molecule has 1 aliphatic rings. The number of carbonyl (C=O) groups excluding carboxylic acids is 1. The topological polar surface area (TPSA) is 72.5 Å². The Morgan fingerprint density at radius 2 is 1.71 bits per heavy atom. The highest BCUT2D eigenvalue weighted by molar-refractivity contribution is 6.30. The molecule has 6 nitrogen and oxygen atoms in total. The minimum Gasteiger partial charge on any atom is -0.486 e. The monoisotopic (exact) mass is 395 g/mol. The van der Waals surface area contributed by atoms with E-state index in [9.17, 15) is 4.79 Å². The third-order valence-corrected chi connectivity index (χ3v) is 4.39. The summed E-state index contributed by atoms with van der Waals surface area (Å²) < 4.78 is 11.1. The first-order valence-corrected chi connectivity index (χ1v) is 9.20. The molecule has 2 N–H and O–H groups in total. The summed E-state index contributed by atoms with van der Waals surface area (Å²) in [5.74, 6) is 1.82. The van der Waals surface area contributed by atoms with E-state index in [0.717, 1.165) is 28.4 Å². The summed E-state index contributed by atoms with van der Waals surface area (Å²) in [6, 6.07) is 16.5. The first-order chi connectivity index (χ1) is 13.7. The molecule has 0 unspecified atom stereocenters. The van der Waals surface area contributed by atoms with Crippen LogP contribution in [0.25, 0.3) is 0 Å². The van der Waals surface area contributed by atoms with Crippen LogP contribution >= 0.6 is 11.6 Å². The molecule has 1 aromatic heterocycles. The van der Waals surface area contributed by atoms with E-state index in [2.05, 4.69) is 15.6 Å². The van der Waals surface area contributed by atoms with Gasteiger partial charge < -0.3 is 20.1 Å². The molecule has 2 aromatic carbocycles. The van der Waals surface area contributed by atoms with Gasteiger partial charge in [-0.1, -0.05) is 23.7 Å². The van der Waals surface area contributed by atoms with Crippen LogP contribution in [0.1, 0.15) is 5.56 Å². The van der Waals surface area contributed by atoms with Crippen LogP contribution in [-0.2, 0) is 11.2 Å². The lowest BCUT2D eigenvalue weighted by Gasteiger charge is -2.19. The maximum absolute atomic E-state index is 12.2. The first kappa shape index (κ1) is 18.1. The number of anilines is 3. The van der Waals surface area contributed by atoms with Crippen molar-refractivity contribution in [2.75, 3.05) is 23.8 Å². The number of ether oxygens (including phenoxy) is 2. The highest BCUT2D eigenvalue weighted by Gasteiger charge is 2.12. The predicted octanol–water partition coefficient (Wildman–Crippen LogP) is 4.43. The summed E-state index contributed by atoms with van der Waals surface area (Å²) in [5.41, 5.74) is 2.55. The van der Waals surface area contributed by atoms with Gasteiger partial charge in [0.05, 0.1) is 18.3 Å². The summed E-state index contributed by atoms with van der Waals surface area (Å²) >= 11 is 5.86. The summed E-state index contributed by atoms with van der Waals surface area (Å²) in [7, 11) is 0. The van der Waals surface area contributed by atoms with Gasteiger partial charge in [-0.25, -0.2) is 4.98 Å². The van der Waals surface area contributed by atoms with Crippen molar-refractivity contribution in [3.8, 4) is 11.5 Å². The van der Waals surface area contributed by atoms with E-state index >= 15 is 0 Å². The van der Waals surface area contributed by atoms with Crippen LogP contribution in [0.2, 0.25) is 5.02 Å². The molecular formula is C21H18ClN3O3.